The van der Waals surface area contributed by atoms with Crippen LogP contribution < -0.4 is 0 Å². The van der Waals surface area contributed by atoms with Gasteiger partial charge in [-0.25, -0.2) is 4.90 Å². The molecule has 0 amide bonds. The van der Waals surface area contributed by atoms with Gasteiger partial charge in [0.2, 0.25) is 0 Å². The van der Waals surface area contributed by atoms with E-state index in [4.69, 9.17) is 0 Å². The van der Waals surface area contributed by atoms with E-state index in [1.165, 1.54) is 24.1 Å². The first-order valence-corrected chi connectivity index (χ1v) is 5.04. The molecule has 0 aliphatic carbocycles. The molecule has 0 saturated carbocycles. The van der Waals surface area contributed by atoms with Crippen molar-refractivity contribution >= 4 is 0 Å². The van der Waals surface area contributed by atoms with Gasteiger partial charge in [0.25, 0.3) is 0 Å². The number of nitrogens with zero attached hydrogens (tertiary/aromatic N) is 2. The SMILES string of the molecule is CCC1CN(C(C)C)C[N+]1(C)C. The lowest BCUT2D eigenvalue weighted by molar-refractivity contribution is -0.905. The van der Waals surface area contributed by atoms with E-state index in [1.807, 2.05) is 0 Å². The minimum atomic E-state index is 0.707. The molecule has 0 aromatic heterocycles. The summed E-state index contributed by atoms with van der Waals surface area (Å²) in [6, 6.07) is 1.55. The molecule has 12 heavy (non-hydrogen) atoms. The molecule has 1 heterocycles. The van der Waals surface area contributed by atoms with Crippen LogP contribution in [0.25, 0.3) is 0 Å². The maximum atomic E-state index is 2.58. The van der Waals surface area contributed by atoms with E-state index in [0.717, 1.165) is 6.04 Å². The van der Waals surface area contributed by atoms with Crippen LogP contribution in [0.1, 0.15) is 27.2 Å². The maximum absolute atomic E-state index is 2.58. The lowest BCUT2D eigenvalue weighted by Crippen LogP contribution is -2.45. The Hall–Kier alpha value is -0.0800. The monoisotopic (exact) mass is 171 g/mol. The zero-order chi connectivity index (χ0) is 9.35. The van der Waals surface area contributed by atoms with Gasteiger partial charge < -0.3 is 4.48 Å². The molecule has 2 heteroatoms. The molecule has 0 N–H and O–H groups in total. The van der Waals surface area contributed by atoms with Crippen molar-refractivity contribution in [2.45, 2.75) is 39.3 Å². The number of quaternary nitrogens is 1. The van der Waals surface area contributed by atoms with Crippen LogP contribution >= 0.6 is 0 Å². The van der Waals surface area contributed by atoms with Crippen LogP contribution in [0.3, 0.4) is 0 Å². The van der Waals surface area contributed by atoms with Gasteiger partial charge in [-0.05, 0) is 20.3 Å². The third-order valence-corrected chi connectivity index (χ3v) is 3.18. The van der Waals surface area contributed by atoms with E-state index in [1.54, 1.807) is 0 Å². The van der Waals surface area contributed by atoms with Gasteiger partial charge in [0.05, 0.1) is 20.6 Å². The molecule has 1 aliphatic rings. The van der Waals surface area contributed by atoms with E-state index in [9.17, 15) is 0 Å². The Morgan fingerprint density at radius 3 is 2.25 bits per heavy atom. The lowest BCUT2D eigenvalue weighted by Gasteiger charge is -2.30. The Kier molecular flexibility index (Phi) is 2.79. The molecular weight excluding hydrogens is 148 g/mol. The summed E-state index contributed by atoms with van der Waals surface area (Å²) in [5.41, 5.74) is 0. The van der Waals surface area contributed by atoms with Crippen LogP contribution in [0.5, 0.6) is 0 Å². The normalized spacial score (nSPS) is 30.0. The zero-order valence-electron chi connectivity index (χ0n) is 9.17. The minimum Gasteiger partial charge on any atom is -0.312 e. The highest BCUT2D eigenvalue weighted by molar-refractivity contribution is 4.72. The summed E-state index contributed by atoms with van der Waals surface area (Å²) < 4.78 is 1.18. The van der Waals surface area contributed by atoms with E-state index in [2.05, 4.69) is 39.8 Å². The summed E-state index contributed by atoms with van der Waals surface area (Å²) in [5.74, 6) is 0. The fraction of sp³-hybridized carbons (Fsp3) is 1.00. The molecule has 1 unspecified atom stereocenters. The molecular formula is C10H23N2+. The van der Waals surface area contributed by atoms with E-state index in [-0.39, 0.29) is 0 Å². The average Bonchev–Trinajstić information content (AvgIpc) is 2.25. The Balaban J connectivity index is 2.60. The van der Waals surface area contributed by atoms with Gasteiger partial charge in [-0.2, -0.15) is 0 Å². The van der Waals surface area contributed by atoms with Crippen LogP contribution in [-0.4, -0.2) is 48.8 Å². The zero-order valence-corrected chi connectivity index (χ0v) is 9.17. The van der Waals surface area contributed by atoms with Crippen molar-refractivity contribution in [3.05, 3.63) is 0 Å². The molecule has 72 valence electrons. The van der Waals surface area contributed by atoms with Crippen molar-refractivity contribution < 1.29 is 4.48 Å². The quantitative estimate of drug-likeness (QED) is 0.569. The Labute approximate surface area is 76.7 Å². The maximum Gasteiger partial charge on any atom is 0.135 e. The summed E-state index contributed by atoms with van der Waals surface area (Å²) in [6.07, 6.45) is 1.30. The van der Waals surface area contributed by atoms with Crippen molar-refractivity contribution in [1.29, 1.82) is 0 Å². The fourth-order valence-electron chi connectivity index (χ4n) is 2.13. The lowest BCUT2D eigenvalue weighted by atomic mass is 10.2. The molecule has 1 atom stereocenters. The summed E-state index contributed by atoms with van der Waals surface area (Å²) in [7, 11) is 4.69. The van der Waals surface area contributed by atoms with Crippen molar-refractivity contribution in [2.75, 3.05) is 27.3 Å². The molecule has 0 radical (unpaired) electrons. The van der Waals surface area contributed by atoms with Crippen LogP contribution in [0.15, 0.2) is 0 Å². The highest BCUT2D eigenvalue weighted by atomic mass is 15.5. The van der Waals surface area contributed by atoms with Crippen molar-refractivity contribution in [3.8, 4) is 0 Å². The summed E-state index contributed by atoms with van der Waals surface area (Å²) in [5, 5.41) is 0. The molecule has 1 aliphatic heterocycles. The average molecular weight is 171 g/mol. The van der Waals surface area contributed by atoms with Gasteiger partial charge in [0.1, 0.15) is 12.7 Å². The van der Waals surface area contributed by atoms with Crippen molar-refractivity contribution in [1.82, 2.24) is 4.90 Å². The van der Waals surface area contributed by atoms with Crippen LogP contribution in [0.4, 0.5) is 0 Å². The van der Waals surface area contributed by atoms with Gasteiger partial charge in [0, 0.05) is 6.04 Å². The third-order valence-electron chi connectivity index (χ3n) is 3.18. The van der Waals surface area contributed by atoms with Gasteiger partial charge in [-0.1, -0.05) is 6.92 Å². The summed E-state index contributed by atoms with van der Waals surface area (Å²) in [4.78, 5) is 2.58. The van der Waals surface area contributed by atoms with Crippen molar-refractivity contribution in [3.63, 3.8) is 0 Å². The first kappa shape index (κ1) is 10.0. The van der Waals surface area contributed by atoms with Crippen molar-refractivity contribution in [2.24, 2.45) is 0 Å². The topological polar surface area (TPSA) is 3.24 Å². The highest BCUT2D eigenvalue weighted by Gasteiger charge is 2.38. The van der Waals surface area contributed by atoms with E-state index < -0.39 is 0 Å². The molecule has 1 fully saturated rings. The van der Waals surface area contributed by atoms with Crippen LogP contribution in [0, 0.1) is 0 Å². The minimum absolute atomic E-state index is 0.707. The van der Waals surface area contributed by atoms with E-state index >= 15 is 0 Å². The molecule has 0 spiro atoms. The molecule has 0 aromatic carbocycles. The van der Waals surface area contributed by atoms with Crippen LogP contribution in [0.2, 0.25) is 0 Å². The summed E-state index contributed by atoms with van der Waals surface area (Å²) in [6.45, 7) is 9.38. The molecule has 1 saturated heterocycles. The standard InChI is InChI=1S/C10H23N2/c1-6-10-7-11(9(2)3)8-12(10,4)5/h9-10H,6-8H2,1-5H3/q+1. The number of hydrogen-bond acceptors (Lipinski definition) is 1. The first-order chi connectivity index (χ1) is 5.47. The molecule has 0 aromatic rings. The smallest absolute Gasteiger partial charge is 0.135 e. The molecule has 0 bridgehead atoms. The second-order valence-electron chi connectivity index (χ2n) is 4.85. The van der Waals surface area contributed by atoms with Gasteiger partial charge in [-0.3, -0.25) is 0 Å². The summed E-state index contributed by atoms with van der Waals surface area (Å²) >= 11 is 0. The highest BCUT2D eigenvalue weighted by Crippen LogP contribution is 2.22. The predicted octanol–water partition coefficient (Wildman–Crippen LogP) is 1.52. The Bertz CT molecular complexity index is 152. The number of rotatable bonds is 2. The Morgan fingerprint density at radius 2 is 2.00 bits per heavy atom. The number of hydrogen-bond donors (Lipinski definition) is 0. The van der Waals surface area contributed by atoms with Gasteiger partial charge in [-0.15, -0.1) is 0 Å². The first-order valence-electron chi connectivity index (χ1n) is 5.04. The fourth-order valence-corrected chi connectivity index (χ4v) is 2.13. The Morgan fingerprint density at radius 1 is 1.42 bits per heavy atom. The number of likely N-dealkylation sites (N-methyl/N-ethyl adjacent to an activating group) is 1. The third kappa shape index (κ3) is 1.80. The molecule has 1 rings (SSSR count). The second kappa shape index (κ2) is 3.35. The largest absolute Gasteiger partial charge is 0.312 e. The van der Waals surface area contributed by atoms with Gasteiger partial charge in [0.15, 0.2) is 0 Å². The van der Waals surface area contributed by atoms with E-state index in [0.29, 0.717) is 6.04 Å². The predicted molar refractivity (Wildman–Crippen MR) is 52.9 cm³/mol. The second-order valence-corrected chi connectivity index (χ2v) is 4.85. The van der Waals surface area contributed by atoms with Gasteiger partial charge >= 0.3 is 0 Å². The van der Waals surface area contributed by atoms with Crippen LogP contribution in [-0.2, 0) is 0 Å². The molecule has 2 nitrogen and oxygen atoms in total.